The molecule has 1 aliphatic rings. The Morgan fingerprint density at radius 1 is 0.615 bits per heavy atom. The molecule has 0 heterocycles. The third-order valence-electron chi connectivity index (χ3n) is 5.71. The quantitative estimate of drug-likeness (QED) is 0.714. The van der Waals surface area contributed by atoms with Crippen molar-refractivity contribution >= 4 is 11.6 Å². The number of carbonyl (C=O) groups excluding carboxylic acids is 2. The van der Waals surface area contributed by atoms with Crippen molar-refractivity contribution < 1.29 is 9.59 Å². The van der Waals surface area contributed by atoms with E-state index >= 15 is 0 Å². The van der Waals surface area contributed by atoms with E-state index in [9.17, 15) is 9.59 Å². The Hall–Kier alpha value is -2.22. The highest BCUT2D eigenvalue weighted by atomic mass is 16.1. The predicted molar refractivity (Wildman–Crippen MR) is 105 cm³/mol. The normalized spacial score (nSPS) is 25.2. The Kier molecular flexibility index (Phi) is 5.41. The second-order valence-electron chi connectivity index (χ2n) is 8.04. The minimum absolute atomic E-state index is 0.0644. The van der Waals surface area contributed by atoms with E-state index in [2.05, 4.69) is 24.3 Å². The van der Waals surface area contributed by atoms with Crippen molar-refractivity contribution in [1.29, 1.82) is 0 Å². The van der Waals surface area contributed by atoms with Gasteiger partial charge in [0.25, 0.3) is 0 Å². The van der Waals surface area contributed by atoms with E-state index in [4.69, 9.17) is 0 Å². The summed E-state index contributed by atoms with van der Waals surface area (Å²) in [4.78, 5) is 26.1. The highest BCUT2D eigenvalue weighted by Gasteiger charge is 2.57. The highest BCUT2D eigenvalue weighted by molar-refractivity contribution is 5.95. The fourth-order valence-corrected chi connectivity index (χ4v) is 4.41. The van der Waals surface area contributed by atoms with Gasteiger partial charge in [-0.25, -0.2) is 0 Å². The molecule has 0 N–H and O–H groups in total. The Morgan fingerprint density at radius 3 is 1.19 bits per heavy atom. The molecule has 0 aromatic heterocycles. The van der Waals surface area contributed by atoms with Gasteiger partial charge < -0.3 is 0 Å². The molecule has 0 radical (unpaired) electrons. The van der Waals surface area contributed by atoms with Crippen LogP contribution in [0, 0.1) is 23.7 Å². The van der Waals surface area contributed by atoms with Crippen LogP contribution in [0.1, 0.15) is 50.7 Å². The smallest absolute Gasteiger partial charge is 0.139 e. The lowest BCUT2D eigenvalue weighted by molar-refractivity contribution is -0.145. The summed E-state index contributed by atoms with van der Waals surface area (Å²) in [6.07, 6.45) is 0. The summed E-state index contributed by atoms with van der Waals surface area (Å²) in [5.41, 5.74) is 2.32. The topological polar surface area (TPSA) is 34.1 Å². The van der Waals surface area contributed by atoms with Crippen LogP contribution < -0.4 is 0 Å². The summed E-state index contributed by atoms with van der Waals surface area (Å²) in [6, 6.07) is 20.4. The van der Waals surface area contributed by atoms with Crippen LogP contribution >= 0.6 is 0 Å². The van der Waals surface area contributed by atoms with E-state index in [0.717, 1.165) is 11.1 Å². The number of rotatable bonds is 6. The van der Waals surface area contributed by atoms with E-state index in [0.29, 0.717) is 0 Å². The zero-order valence-electron chi connectivity index (χ0n) is 16.1. The molecule has 1 saturated carbocycles. The van der Waals surface area contributed by atoms with Crippen molar-refractivity contribution in [2.75, 3.05) is 0 Å². The monoisotopic (exact) mass is 348 g/mol. The lowest BCUT2D eigenvalue weighted by Gasteiger charge is -2.52. The molecule has 2 heteroatoms. The molecular formula is C24H28O2. The third-order valence-corrected chi connectivity index (χ3v) is 5.71. The molecular weight excluding hydrogens is 320 g/mol. The van der Waals surface area contributed by atoms with Gasteiger partial charge in [-0.05, 0) is 11.1 Å². The second kappa shape index (κ2) is 7.57. The van der Waals surface area contributed by atoms with Crippen LogP contribution in [0.2, 0.25) is 0 Å². The van der Waals surface area contributed by atoms with Crippen LogP contribution in [0.3, 0.4) is 0 Å². The minimum atomic E-state index is -0.225. The summed E-state index contributed by atoms with van der Waals surface area (Å²) >= 11 is 0. The van der Waals surface area contributed by atoms with Gasteiger partial charge in [0.15, 0.2) is 0 Å². The van der Waals surface area contributed by atoms with Gasteiger partial charge in [0.1, 0.15) is 11.6 Å². The summed E-state index contributed by atoms with van der Waals surface area (Å²) in [5, 5.41) is 0. The molecule has 0 amide bonds. The maximum Gasteiger partial charge on any atom is 0.139 e. The molecule has 0 saturated heterocycles. The maximum absolute atomic E-state index is 13.1. The third kappa shape index (κ3) is 3.25. The first-order valence-corrected chi connectivity index (χ1v) is 9.60. The summed E-state index contributed by atoms with van der Waals surface area (Å²) in [5.74, 6) is -0.0109. The van der Waals surface area contributed by atoms with Gasteiger partial charge in [0.2, 0.25) is 0 Å². The fourth-order valence-electron chi connectivity index (χ4n) is 4.41. The predicted octanol–water partition coefficient (Wildman–Crippen LogP) is 5.25. The molecule has 2 aromatic rings. The minimum Gasteiger partial charge on any atom is -0.299 e. The number of carbonyl (C=O) groups is 2. The largest absolute Gasteiger partial charge is 0.299 e. The molecule has 1 fully saturated rings. The average Bonchev–Trinajstić information content (AvgIpc) is 2.62. The van der Waals surface area contributed by atoms with Gasteiger partial charge in [-0.3, -0.25) is 9.59 Å². The molecule has 1 aliphatic carbocycles. The fraction of sp³-hybridized carbons (Fsp3) is 0.417. The summed E-state index contributed by atoms with van der Waals surface area (Å²) in [7, 11) is 0. The molecule has 0 aliphatic heterocycles. The molecule has 0 bridgehead atoms. The van der Waals surface area contributed by atoms with Gasteiger partial charge in [-0.15, -0.1) is 0 Å². The van der Waals surface area contributed by atoms with Gasteiger partial charge in [-0.1, -0.05) is 88.4 Å². The van der Waals surface area contributed by atoms with Gasteiger partial charge in [0.05, 0.1) is 0 Å². The lowest BCUT2D eigenvalue weighted by Crippen LogP contribution is -2.53. The SMILES string of the molecule is CC(C)C(=O)[C@@H]1[C@H](C(=O)C(C)C)[C@@H](c2ccccc2)[C@@H]1c1ccccc1. The Bertz CT molecular complexity index is 694. The van der Waals surface area contributed by atoms with E-state index in [1.54, 1.807) is 0 Å². The highest BCUT2D eigenvalue weighted by Crippen LogP contribution is 2.59. The van der Waals surface area contributed by atoms with Gasteiger partial charge in [-0.2, -0.15) is 0 Å². The van der Waals surface area contributed by atoms with Crippen molar-refractivity contribution in [2.24, 2.45) is 23.7 Å². The van der Waals surface area contributed by atoms with Crippen molar-refractivity contribution in [3.8, 4) is 0 Å². The first-order chi connectivity index (χ1) is 12.4. The van der Waals surface area contributed by atoms with Crippen molar-refractivity contribution in [2.45, 2.75) is 39.5 Å². The molecule has 4 atom stereocenters. The zero-order chi connectivity index (χ0) is 18.8. The van der Waals surface area contributed by atoms with Crippen molar-refractivity contribution in [3.05, 3.63) is 71.8 Å². The maximum atomic E-state index is 13.1. The standard InChI is InChI=1S/C24H28O2/c1-15(2)23(25)21-19(17-11-7-5-8-12-17)20(18-13-9-6-10-14-18)22(21)24(26)16(3)4/h5-16,19-22H,1-4H3/t19-,20-,21-,22+/m0/s1. The molecule has 2 aromatic carbocycles. The van der Waals surface area contributed by atoms with Gasteiger partial charge in [0, 0.05) is 35.5 Å². The molecule has 2 nitrogen and oxygen atoms in total. The first kappa shape index (κ1) is 18.6. The number of Topliss-reactive ketones (excluding diaryl/α,β-unsaturated/α-hetero) is 2. The Balaban J connectivity index is 2.10. The number of benzene rings is 2. The van der Waals surface area contributed by atoms with E-state index in [1.807, 2.05) is 64.1 Å². The van der Waals surface area contributed by atoms with Crippen LogP contribution in [0.5, 0.6) is 0 Å². The van der Waals surface area contributed by atoms with E-state index in [1.165, 1.54) is 0 Å². The van der Waals surface area contributed by atoms with Crippen LogP contribution in [0.4, 0.5) is 0 Å². The average molecular weight is 348 g/mol. The molecule has 0 spiro atoms. The molecule has 26 heavy (non-hydrogen) atoms. The first-order valence-electron chi connectivity index (χ1n) is 9.60. The van der Waals surface area contributed by atoms with Crippen molar-refractivity contribution in [1.82, 2.24) is 0 Å². The van der Waals surface area contributed by atoms with Crippen LogP contribution in [0.25, 0.3) is 0 Å². The van der Waals surface area contributed by atoms with Gasteiger partial charge >= 0.3 is 0 Å². The molecule has 136 valence electrons. The second-order valence-corrected chi connectivity index (χ2v) is 8.04. The number of ketones is 2. The zero-order valence-corrected chi connectivity index (χ0v) is 16.1. The number of hydrogen-bond acceptors (Lipinski definition) is 2. The molecule has 0 unspecified atom stereocenters. The van der Waals surface area contributed by atoms with Crippen LogP contribution in [-0.2, 0) is 9.59 Å². The summed E-state index contributed by atoms with van der Waals surface area (Å²) in [6.45, 7) is 7.77. The molecule has 3 rings (SSSR count). The Labute approximate surface area is 156 Å². The van der Waals surface area contributed by atoms with Crippen LogP contribution in [0.15, 0.2) is 60.7 Å². The van der Waals surface area contributed by atoms with E-state index in [-0.39, 0.29) is 47.1 Å². The number of hydrogen-bond donors (Lipinski definition) is 0. The Morgan fingerprint density at radius 2 is 0.923 bits per heavy atom. The van der Waals surface area contributed by atoms with Crippen molar-refractivity contribution in [3.63, 3.8) is 0 Å². The summed E-state index contributed by atoms with van der Waals surface area (Å²) < 4.78 is 0. The van der Waals surface area contributed by atoms with Crippen LogP contribution in [-0.4, -0.2) is 11.6 Å². The lowest BCUT2D eigenvalue weighted by atomic mass is 9.49. The van der Waals surface area contributed by atoms with E-state index < -0.39 is 0 Å².